The summed E-state index contributed by atoms with van der Waals surface area (Å²) in [6, 6.07) is 98.4. The van der Waals surface area contributed by atoms with E-state index in [2.05, 4.69) is 293 Å². The van der Waals surface area contributed by atoms with Gasteiger partial charge in [-0.15, -0.1) is 0 Å². The quantitative estimate of drug-likeness (QED) is 0.147. The SMILES string of the molecule is Cc1ccc(C2(c3ccccc3)c3cc(-c4ccccc4)ccc3-c3ccc(N(c4ccc5c(c4)C(c4ccccc4)(c4ccc(C(C)(C)C)cc4)c4ccccc4-5)c4ccc5ccccc5c4)cc32)cc1. The molecule has 0 radical (unpaired) electrons. The molecule has 72 heavy (non-hydrogen) atoms. The number of hydrogen-bond donors (Lipinski definition) is 0. The van der Waals surface area contributed by atoms with Crippen LogP contribution in [0.1, 0.15) is 76.4 Å². The Morgan fingerprint density at radius 3 is 1.33 bits per heavy atom. The van der Waals surface area contributed by atoms with Crippen molar-refractivity contribution in [3.8, 4) is 33.4 Å². The van der Waals surface area contributed by atoms with Crippen LogP contribution in [0.15, 0.2) is 261 Å². The predicted octanol–water partition coefficient (Wildman–Crippen LogP) is 18.3. The van der Waals surface area contributed by atoms with Crippen molar-refractivity contribution >= 4 is 27.8 Å². The van der Waals surface area contributed by atoms with Crippen LogP contribution < -0.4 is 4.90 Å². The van der Waals surface area contributed by atoms with Crippen LogP contribution in [0.3, 0.4) is 0 Å². The normalized spacial score (nSPS) is 16.4. The second kappa shape index (κ2) is 16.8. The Hall–Kier alpha value is -8.52. The highest BCUT2D eigenvalue weighted by molar-refractivity contribution is 5.95. The number of fused-ring (bicyclic) bond motifs is 7. The van der Waals surface area contributed by atoms with Gasteiger partial charge in [0.05, 0.1) is 10.8 Å². The van der Waals surface area contributed by atoms with Gasteiger partial charge in [0.15, 0.2) is 0 Å². The van der Waals surface area contributed by atoms with Crippen molar-refractivity contribution in [2.45, 2.75) is 43.9 Å². The second-order valence-corrected chi connectivity index (χ2v) is 20.9. The first-order valence-corrected chi connectivity index (χ1v) is 25.4. The molecular weight excluding hydrogens is 867 g/mol. The summed E-state index contributed by atoms with van der Waals surface area (Å²) in [6.45, 7) is 9.08. The molecule has 11 aromatic rings. The Balaban J connectivity index is 1.09. The lowest BCUT2D eigenvalue weighted by molar-refractivity contribution is 0.589. The first-order valence-electron chi connectivity index (χ1n) is 25.4. The largest absolute Gasteiger partial charge is 0.310 e. The van der Waals surface area contributed by atoms with E-state index in [9.17, 15) is 0 Å². The van der Waals surface area contributed by atoms with Crippen molar-refractivity contribution in [2.24, 2.45) is 0 Å². The lowest BCUT2D eigenvalue weighted by Crippen LogP contribution is -2.29. The summed E-state index contributed by atoms with van der Waals surface area (Å²) in [6.07, 6.45) is 0. The molecule has 11 aromatic carbocycles. The molecule has 0 spiro atoms. The lowest BCUT2D eigenvalue weighted by Gasteiger charge is -2.36. The van der Waals surface area contributed by atoms with Crippen molar-refractivity contribution in [1.29, 1.82) is 0 Å². The van der Waals surface area contributed by atoms with Crippen LogP contribution in [-0.4, -0.2) is 0 Å². The molecule has 2 atom stereocenters. The molecule has 0 amide bonds. The molecule has 0 aliphatic heterocycles. The Bertz CT molecular complexity index is 3830. The van der Waals surface area contributed by atoms with Gasteiger partial charge >= 0.3 is 0 Å². The summed E-state index contributed by atoms with van der Waals surface area (Å²) in [4.78, 5) is 2.51. The molecule has 344 valence electrons. The van der Waals surface area contributed by atoms with Crippen molar-refractivity contribution in [2.75, 3.05) is 4.90 Å². The fraction of sp³-hybridized carbons (Fsp3) is 0.0986. The first-order chi connectivity index (χ1) is 35.2. The molecular formula is C71H55N. The third-order valence-electron chi connectivity index (χ3n) is 15.8. The van der Waals surface area contributed by atoms with Crippen molar-refractivity contribution < 1.29 is 0 Å². The summed E-state index contributed by atoms with van der Waals surface area (Å²) in [5.41, 5.74) is 22.3. The van der Waals surface area contributed by atoms with E-state index in [-0.39, 0.29) is 5.41 Å². The van der Waals surface area contributed by atoms with E-state index in [1.165, 1.54) is 99.8 Å². The molecule has 0 N–H and O–H groups in total. The van der Waals surface area contributed by atoms with Crippen molar-refractivity contribution in [3.05, 3.63) is 316 Å². The highest BCUT2D eigenvalue weighted by Gasteiger charge is 2.48. The van der Waals surface area contributed by atoms with E-state index in [1.54, 1.807) is 0 Å². The van der Waals surface area contributed by atoms with E-state index in [4.69, 9.17) is 0 Å². The molecule has 0 bridgehead atoms. The number of aryl methyl sites for hydroxylation is 1. The second-order valence-electron chi connectivity index (χ2n) is 20.9. The van der Waals surface area contributed by atoms with Crippen LogP contribution in [0.5, 0.6) is 0 Å². The van der Waals surface area contributed by atoms with Crippen LogP contribution >= 0.6 is 0 Å². The Morgan fingerprint density at radius 1 is 0.306 bits per heavy atom. The smallest absolute Gasteiger partial charge is 0.0714 e. The third kappa shape index (κ3) is 6.68. The minimum absolute atomic E-state index is 0.0242. The fourth-order valence-electron chi connectivity index (χ4n) is 12.4. The highest BCUT2D eigenvalue weighted by Crippen LogP contribution is 2.60. The maximum absolute atomic E-state index is 2.51. The molecule has 13 rings (SSSR count). The van der Waals surface area contributed by atoms with Gasteiger partial charge in [0.25, 0.3) is 0 Å². The van der Waals surface area contributed by atoms with Gasteiger partial charge in [-0.2, -0.15) is 0 Å². The number of rotatable bonds is 8. The molecule has 2 unspecified atom stereocenters. The maximum atomic E-state index is 2.51. The minimum Gasteiger partial charge on any atom is -0.310 e. The molecule has 0 fully saturated rings. The minimum atomic E-state index is -0.614. The number of benzene rings is 11. The van der Waals surface area contributed by atoms with Crippen molar-refractivity contribution in [1.82, 2.24) is 0 Å². The first kappa shape index (κ1) is 43.5. The average molecular weight is 922 g/mol. The van der Waals surface area contributed by atoms with Crippen LogP contribution in [0.25, 0.3) is 44.2 Å². The molecule has 1 heteroatoms. The van der Waals surface area contributed by atoms with E-state index in [0.29, 0.717) is 0 Å². The Morgan fingerprint density at radius 2 is 0.736 bits per heavy atom. The van der Waals surface area contributed by atoms with Gasteiger partial charge < -0.3 is 4.90 Å². The lowest BCUT2D eigenvalue weighted by atomic mass is 9.67. The van der Waals surface area contributed by atoms with Crippen LogP contribution in [0.4, 0.5) is 17.1 Å². The van der Waals surface area contributed by atoms with E-state index >= 15 is 0 Å². The summed E-state index contributed by atoms with van der Waals surface area (Å²) in [7, 11) is 0. The Labute approximate surface area is 424 Å². The number of hydrogen-bond acceptors (Lipinski definition) is 1. The Kier molecular flexibility index (Phi) is 10.2. The number of nitrogens with zero attached hydrogens (tertiary/aromatic N) is 1. The molecule has 0 heterocycles. The zero-order chi connectivity index (χ0) is 48.6. The van der Waals surface area contributed by atoms with E-state index < -0.39 is 10.8 Å². The maximum Gasteiger partial charge on any atom is 0.0714 e. The summed E-state index contributed by atoms with van der Waals surface area (Å²) in [5.74, 6) is 0. The van der Waals surface area contributed by atoms with Gasteiger partial charge in [0.2, 0.25) is 0 Å². The molecule has 0 saturated carbocycles. The van der Waals surface area contributed by atoms with Gasteiger partial charge in [-0.05, 0) is 149 Å². The number of anilines is 3. The van der Waals surface area contributed by atoms with Crippen molar-refractivity contribution in [3.63, 3.8) is 0 Å². The monoisotopic (exact) mass is 921 g/mol. The zero-order valence-electron chi connectivity index (χ0n) is 41.3. The summed E-state index contributed by atoms with van der Waals surface area (Å²) < 4.78 is 0. The van der Waals surface area contributed by atoms with E-state index in [0.717, 1.165) is 17.1 Å². The topological polar surface area (TPSA) is 3.24 Å². The molecule has 1 nitrogen and oxygen atoms in total. The molecule has 0 aromatic heterocycles. The van der Waals surface area contributed by atoms with E-state index in [1.807, 2.05) is 0 Å². The van der Waals surface area contributed by atoms with Gasteiger partial charge in [-0.25, -0.2) is 0 Å². The predicted molar refractivity (Wildman–Crippen MR) is 302 cm³/mol. The summed E-state index contributed by atoms with van der Waals surface area (Å²) in [5, 5.41) is 2.42. The zero-order valence-corrected chi connectivity index (χ0v) is 41.3. The van der Waals surface area contributed by atoms with Crippen LogP contribution in [0, 0.1) is 6.92 Å². The van der Waals surface area contributed by atoms with Gasteiger partial charge in [-0.1, -0.05) is 245 Å². The van der Waals surface area contributed by atoms with Gasteiger partial charge in [0.1, 0.15) is 0 Å². The van der Waals surface area contributed by atoms with Gasteiger partial charge in [0, 0.05) is 17.1 Å². The standard InChI is InChI=1S/C71H55N/c1-48-28-32-56(33-29-48)71(55-24-12-7-13-25-55)66-45-52(49-18-8-5-9-19-49)31-41-62(66)64-43-40-60(47-68(64)71)72(58-38-30-50-20-14-15-21-51(50)44-58)59-39-42-63-61-26-16-17-27-65(61)70(67(63)46-59,54-22-10-6-11-23-54)57-36-34-53(35-37-57)69(2,3)4/h5-47H,1-4H3. The average Bonchev–Trinajstić information content (AvgIpc) is 3.89. The van der Waals surface area contributed by atoms with Gasteiger partial charge in [-0.3, -0.25) is 0 Å². The third-order valence-corrected chi connectivity index (χ3v) is 15.8. The highest BCUT2D eigenvalue weighted by atomic mass is 15.1. The fourth-order valence-corrected chi connectivity index (χ4v) is 12.4. The summed E-state index contributed by atoms with van der Waals surface area (Å²) >= 11 is 0. The van der Waals surface area contributed by atoms with Crippen LogP contribution in [-0.2, 0) is 16.2 Å². The van der Waals surface area contributed by atoms with Crippen LogP contribution in [0.2, 0.25) is 0 Å². The molecule has 0 saturated heterocycles. The molecule has 2 aliphatic carbocycles. The molecule has 2 aliphatic rings.